The van der Waals surface area contributed by atoms with Crippen LogP contribution in [0.15, 0.2) is 77.7 Å². The molecule has 0 saturated heterocycles. The van der Waals surface area contributed by atoms with E-state index in [1.807, 2.05) is 12.1 Å². The Morgan fingerprint density at radius 3 is 2.02 bits per heavy atom. The summed E-state index contributed by atoms with van der Waals surface area (Å²) in [5.74, 6) is -3.20. The number of carbonyl (C=O) groups is 4. The van der Waals surface area contributed by atoms with E-state index in [2.05, 4.69) is 5.32 Å². The monoisotopic (exact) mass is 597 g/mol. The van der Waals surface area contributed by atoms with Crippen molar-refractivity contribution in [2.24, 2.45) is 0 Å². The van der Waals surface area contributed by atoms with Gasteiger partial charge in [0.2, 0.25) is 0 Å². The summed E-state index contributed by atoms with van der Waals surface area (Å²) in [6.45, 7) is -0.502. The van der Waals surface area contributed by atoms with E-state index in [4.69, 9.17) is 5.11 Å². The number of allylic oxidation sites excluding steroid dienone is 2. The van der Waals surface area contributed by atoms with E-state index < -0.39 is 41.6 Å². The number of hydrogen-bond acceptors (Lipinski definition) is 6. The second kappa shape index (κ2) is 13.2. The zero-order valence-electron chi connectivity index (χ0n) is 22.1. The first-order valence-corrected chi connectivity index (χ1v) is 13.8. The van der Waals surface area contributed by atoms with Crippen molar-refractivity contribution in [2.45, 2.75) is 42.2 Å². The van der Waals surface area contributed by atoms with E-state index >= 15 is 0 Å². The van der Waals surface area contributed by atoms with Gasteiger partial charge in [-0.1, -0.05) is 30.3 Å². The molecular weight excluding hydrogens is 571 g/mol. The molecule has 0 saturated carbocycles. The standard InChI is InChI=1S/C31H26F3NO6S/c32-31(33,34)42-24-13-11-19(12-14-24)26(36)16-25(23-10-5-18-3-1-2-4-22(18)15-23)28(38)20-6-8-21(9-7-20)29(39)35-17-27(37)30(40)41/h5-16,27,37H,1-4,17H2,(H,35,39)(H,40,41)/b25-16-/t27-/m1/s1. The molecule has 3 aromatic carbocycles. The normalized spacial score (nSPS) is 14.0. The Bertz CT molecular complexity index is 1530. The molecule has 11 heteroatoms. The number of rotatable bonds is 10. The summed E-state index contributed by atoms with van der Waals surface area (Å²) in [6.07, 6.45) is 3.21. The van der Waals surface area contributed by atoms with Crippen molar-refractivity contribution in [1.29, 1.82) is 0 Å². The number of aliphatic hydroxyl groups excluding tert-OH is 1. The molecule has 0 fully saturated rings. The van der Waals surface area contributed by atoms with E-state index in [0.717, 1.165) is 31.2 Å². The van der Waals surface area contributed by atoms with E-state index in [-0.39, 0.29) is 38.9 Å². The highest BCUT2D eigenvalue weighted by atomic mass is 32.2. The van der Waals surface area contributed by atoms with Gasteiger partial charge in [-0.15, -0.1) is 0 Å². The van der Waals surface area contributed by atoms with Crippen LogP contribution in [0, 0.1) is 0 Å². The van der Waals surface area contributed by atoms with Crippen molar-refractivity contribution < 1.29 is 42.6 Å². The summed E-state index contributed by atoms with van der Waals surface area (Å²) in [5.41, 5.74) is -1.21. The maximum absolute atomic E-state index is 13.7. The van der Waals surface area contributed by atoms with Crippen LogP contribution < -0.4 is 5.32 Å². The number of aryl methyl sites for hydroxylation is 2. The van der Waals surface area contributed by atoms with Crippen molar-refractivity contribution in [2.75, 3.05) is 6.54 Å². The van der Waals surface area contributed by atoms with Crippen LogP contribution in [0.3, 0.4) is 0 Å². The van der Waals surface area contributed by atoms with Crippen molar-refractivity contribution in [3.63, 3.8) is 0 Å². The fourth-order valence-electron chi connectivity index (χ4n) is 4.52. The van der Waals surface area contributed by atoms with Crippen molar-refractivity contribution >= 4 is 40.8 Å². The van der Waals surface area contributed by atoms with Crippen LogP contribution in [0.5, 0.6) is 0 Å². The van der Waals surface area contributed by atoms with Gasteiger partial charge in [-0.05, 0) is 96.6 Å². The highest BCUT2D eigenvalue weighted by Crippen LogP contribution is 2.37. The Labute approximate surface area is 243 Å². The number of carboxylic acid groups (broad SMARTS) is 1. The van der Waals surface area contributed by atoms with Gasteiger partial charge in [0.25, 0.3) is 5.91 Å². The van der Waals surface area contributed by atoms with Gasteiger partial charge in [0, 0.05) is 27.2 Å². The van der Waals surface area contributed by atoms with Gasteiger partial charge in [0.1, 0.15) is 0 Å². The maximum Gasteiger partial charge on any atom is 0.446 e. The number of thioether (sulfide) groups is 1. The number of halogens is 3. The molecule has 3 N–H and O–H groups in total. The Kier molecular flexibility index (Phi) is 9.64. The number of carboxylic acids is 1. The lowest BCUT2D eigenvalue weighted by Crippen LogP contribution is -2.36. The molecule has 3 aromatic rings. The summed E-state index contributed by atoms with van der Waals surface area (Å²) in [4.78, 5) is 49.9. The first-order valence-electron chi connectivity index (χ1n) is 13.0. The molecule has 0 heterocycles. The van der Waals surface area contributed by atoms with Crippen LogP contribution in [0.25, 0.3) is 5.57 Å². The first kappa shape index (κ1) is 30.7. The summed E-state index contributed by atoms with van der Waals surface area (Å²) >= 11 is -0.292. The predicted octanol–water partition coefficient (Wildman–Crippen LogP) is 5.50. The van der Waals surface area contributed by atoms with Crippen LogP contribution >= 0.6 is 11.8 Å². The molecule has 1 atom stereocenters. The van der Waals surface area contributed by atoms with Gasteiger partial charge in [-0.2, -0.15) is 13.2 Å². The van der Waals surface area contributed by atoms with Gasteiger partial charge in [-0.3, -0.25) is 14.4 Å². The summed E-state index contributed by atoms with van der Waals surface area (Å²) in [5, 5.41) is 20.4. The molecule has 0 aromatic heterocycles. The van der Waals surface area contributed by atoms with Gasteiger partial charge in [0.05, 0.1) is 6.54 Å². The van der Waals surface area contributed by atoms with Crippen LogP contribution in [0.1, 0.15) is 60.6 Å². The minimum Gasteiger partial charge on any atom is -0.479 e. The van der Waals surface area contributed by atoms with E-state index in [1.54, 1.807) is 6.07 Å². The molecule has 218 valence electrons. The van der Waals surface area contributed by atoms with Crippen LogP contribution in [0.4, 0.5) is 13.2 Å². The van der Waals surface area contributed by atoms with Crippen LogP contribution in [-0.4, -0.2) is 51.8 Å². The number of carbonyl (C=O) groups excluding carboxylic acids is 3. The lowest BCUT2D eigenvalue weighted by molar-refractivity contribution is -0.146. The zero-order valence-corrected chi connectivity index (χ0v) is 22.9. The number of amides is 1. The third-order valence-electron chi connectivity index (χ3n) is 6.70. The van der Waals surface area contributed by atoms with Crippen molar-refractivity contribution in [1.82, 2.24) is 5.32 Å². The summed E-state index contributed by atoms with van der Waals surface area (Å²) in [7, 11) is 0. The second-order valence-corrected chi connectivity index (χ2v) is 10.8. The summed E-state index contributed by atoms with van der Waals surface area (Å²) in [6, 6.07) is 16.0. The number of nitrogens with one attached hydrogen (secondary N) is 1. The topological polar surface area (TPSA) is 121 Å². The number of benzene rings is 3. The molecule has 0 aliphatic heterocycles. The van der Waals surface area contributed by atoms with Gasteiger partial charge >= 0.3 is 11.5 Å². The molecule has 4 rings (SSSR count). The third-order valence-corrected chi connectivity index (χ3v) is 7.44. The lowest BCUT2D eigenvalue weighted by Gasteiger charge is -2.17. The largest absolute Gasteiger partial charge is 0.479 e. The molecule has 1 aliphatic carbocycles. The zero-order chi connectivity index (χ0) is 30.4. The number of hydrogen-bond donors (Lipinski definition) is 3. The lowest BCUT2D eigenvalue weighted by atomic mass is 9.87. The highest BCUT2D eigenvalue weighted by molar-refractivity contribution is 8.00. The number of alkyl halides is 3. The number of aliphatic carboxylic acids is 1. The summed E-state index contributed by atoms with van der Waals surface area (Å²) < 4.78 is 38.1. The molecule has 0 unspecified atom stereocenters. The smallest absolute Gasteiger partial charge is 0.446 e. The fourth-order valence-corrected chi connectivity index (χ4v) is 5.06. The Balaban J connectivity index is 1.63. The fraction of sp³-hybridized carbons (Fsp3) is 0.226. The Hall–Kier alpha value is -4.22. The number of Topliss-reactive ketones (excluding diaryl/α,β-unsaturated/α-hetero) is 1. The van der Waals surface area contributed by atoms with Crippen molar-refractivity contribution in [3.05, 3.63) is 106 Å². The molecule has 0 bridgehead atoms. The molecule has 42 heavy (non-hydrogen) atoms. The average molecular weight is 598 g/mol. The predicted molar refractivity (Wildman–Crippen MR) is 150 cm³/mol. The molecular formula is C31H26F3NO6S. The van der Waals surface area contributed by atoms with Gasteiger partial charge < -0.3 is 15.5 Å². The second-order valence-electron chi connectivity index (χ2n) is 9.66. The molecule has 7 nitrogen and oxygen atoms in total. The number of ketones is 2. The number of aliphatic hydroxyl groups is 1. The molecule has 1 aliphatic rings. The third kappa shape index (κ3) is 7.95. The van der Waals surface area contributed by atoms with E-state index in [9.17, 15) is 37.5 Å². The number of fused-ring (bicyclic) bond motifs is 1. The first-order chi connectivity index (χ1) is 19.9. The van der Waals surface area contributed by atoms with Crippen LogP contribution in [0.2, 0.25) is 0 Å². The highest BCUT2D eigenvalue weighted by Gasteiger charge is 2.29. The minimum atomic E-state index is -4.46. The van der Waals surface area contributed by atoms with Gasteiger partial charge in [0.15, 0.2) is 17.7 Å². The average Bonchev–Trinajstić information content (AvgIpc) is 2.97. The maximum atomic E-state index is 13.7. The van der Waals surface area contributed by atoms with E-state index in [0.29, 0.717) is 5.56 Å². The molecule has 0 radical (unpaired) electrons. The minimum absolute atomic E-state index is 0.0735. The Morgan fingerprint density at radius 1 is 0.833 bits per heavy atom. The van der Waals surface area contributed by atoms with E-state index in [1.165, 1.54) is 60.2 Å². The SMILES string of the molecule is O=C(/C=C(\C(=O)c1ccc(C(=O)NC[C@@H](O)C(=O)O)cc1)c1ccc2c(c1)CCCC2)c1ccc(SC(F)(F)F)cc1. The van der Waals surface area contributed by atoms with Crippen LogP contribution in [-0.2, 0) is 17.6 Å². The van der Waals surface area contributed by atoms with Gasteiger partial charge in [-0.25, -0.2) is 4.79 Å². The van der Waals surface area contributed by atoms with Crippen molar-refractivity contribution in [3.8, 4) is 0 Å². The quantitative estimate of drug-likeness (QED) is 0.160. The molecule has 0 spiro atoms. The molecule has 1 amide bonds. The Morgan fingerprint density at radius 2 is 1.40 bits per heavy atom.